The SMILES string of the molecule is CCCCCCCOc1ccc(C(=O)N(Cc2ccc(N(C)C)cc2)CC2CCCO2)cc1. The number of hydrogen-bond acceptors (Lipinski definition) is 4. The van der Waals surface area contributed by atoms with Crippen LogP contribution < -0.4 is 9.64 Å². The molecule has 0 aliphatic carbocycles. The lowest BCUT2D eigenvalue weighted by Gasteiger charge is -2.26. The standard InChI is InChI=1S/C28H40N2O3/c1-4-5-6-7-8-19-32-26-17-13-24(14-18-26)28(31)30(22-27-10-9-20-33-27)21-23-11-15-25(16-12-23)29(2)3/h11-18,27H,4-10,19-22H2,1-3H3. The van der Waals surface area contributed by atoms with E-state index in [0.29, 0.717) is 18.7 Å². The maximum Gasteiger partial charge on any atom is 0.254 e. The molecule has 33 heavy (non-hydrogen) atoms. The maximum absolute atomic E-state index is 13.4. The summed E-state index contributed by atoms with van der Waals surface area (Å²) in [5.74, 6) is 0.861. The summed E-state index contributed by atoms with van der Waals surface area (Å²) in [6.45, 7) is 4.93. The van der Waals surface area contributed by atoms with Gasteiger partial charge in [-0.05, 0) is 61.2 Å². The van der Waals surface area contributed by atoms with Crippen LogP contribution in [0.15, 0.2) is 48.5 Å². The molecule has 180 valence electrons. The molecule has 3 rings (SSSR count). The Morgan fingerprint density at radius 1 is 1.00 bits per heavy atom. The molecular weight excluding hydrogens is 412 g/mol. The molecule has 1 aliphatic heterocycles. The van der Waals surface area contributed by atoms with Gasteiger partial charge in [-0.15, -0.1) is 0 Å². The van der Waals surface area contributed by atoms with E-state index in [4.69, 9.17) is 9.47 Å². The fraction of sp³-hybridized carbons (Fsp3) is 0.536. The molecule has 0 saturated carbocycles. The van der Waals surface area contributed by atoms with Gasteiger partial charge >= 0.3 is 0 Å². The van der Waals surface area contributed by atoms with E-state index in [0.717, 1.165) is 49.5 Å². The number of ether oxygens (including phenoxy) is 2. The summed E-state index contributed by atoms with van der Waals surface area (Å²) in [6.07, 6.45) is 8.28. The Labute approximate surface area is 199 Å². The van der Waals surface area contributed by atoms with E-state index in [1.165, 1.54) is 25.7 Å². The fourth-order valence-corrected chi connectivity index (χ4v) is 4.15. The second-order valence-corrected chi connectivity index (χ2v) is 9.17. The molecule has 0 spiro atoms. The zero-order valence-corrected chi connectivity index (χ0v) is 20.6. The highest BCUT2D eigenvalue weighted by Gasteiger charge is 2.24. The molecule has 2 aromatic rings. The Hall–Kier alpha value is -2.53. The summed E-state index contributed by atoms with van der Waals surface area (Å²) in [6, 6.07) is 16.0. The molecular formula is C28H40N2O3. The van der Waals surface area contributed by atoms with Crippen molar-refractivity contribution in [3.63, 3.8) is 0 Å². The van der Waals surface area contributed by atoms with Crippen molar-refractivity contribution in [3.05, 3.63) is 59.7 Å². The van der Waals surface area contributed by atoms with Gasteiger partial charge in [-0.25, -0.2) is 0 Å². The van der Waals surface area contributed by atoms with Crippen LogP contribution in [0, 0.1) is 0 Å². The first-order valence-corrected chi connectivity index (χ1v) is 12.5. The smallest absolute Gasteiger partial charge is 0.254 e. The highest BCUT2D eigenvalue weighted by Crippen LogP contribution is 2.20. The average Bonchev–Trinajstić information content (AvgIpc) is 3.34. The molecule has 1 unspecified atom stereocenters. The monoisotopic (exact) mass is 452 g/mol. The molecule has 1 fully saturated rings. The summed E-state index contributed by atoms with van der Waals surface area (Å²) >= 11 is 0. The van der Waals surface area contributed by atoms with E-state index >= 15 is 0 Å². The minimum Gasteiger partial charge on any atom is -0.494 e. The van der Waals surface area contributed by atoms with Crippen LogP contribution in [-0.4, -0.2) is 50.8 Å². The summed E-state index contributed by atoms with van der Waals surface area (Å²) in [5.41, 5.74) is 2.96. The van der Waals surface area contributed by atoms with E-state index in [1.54, 1.807) is 0 Å². The Morgan fingerprint density at radius 2 is 1.73 bits per heavy atom. The first-order chi connectivity index (χ1) is 16.1. The number of benzene rings is 2. The van der Waals surface area contributed by atoms with Gasteiger partial charge in [-0.1, -0.05) is 44.7 Å². The van der Waals surface area contributed by atoms with Crippen molar-refractivity contribution in [2.75, 3.05) is 38.8 Å². The van der Waals surface area contributed by atoms with E-state index in [-0.39, 0.29) is 12.0 Å². The molecule has 1 heterocycles. The Morgan fingerprint density at radius 3 is 2.36 bits per heavy atom. The topological polar surface area (TPSA) is 42.0 Å². The molecule has 1 atom stereocenters. The van der Waals surface area contributed by atoms with Crippen molar-refractivity contribution in [3.8, 4) is 5.75 Å². The van der Waals surface area contributed by atoms with Crippen LogP contribution >= 0.6 is 0 Å². The molecule has 0 aromatic heterocycles. The maximum atomic E-state index is 13.4. The van der Waals surface area contributed by atoms with Crippen LogP contribution in [0.1, 0.15) is 67.8 Å². The molecule has 1 aliphatic rings. The number of anilines is 1. The first-order valence-electron chi connectivity index (χ1n) is 12.5. The third-order valence-corrected chi connectivity index (χ3v) is 6.18. The van der Waals surface area contributed by atoms with Crippen LogP contribution in [-0.2, 0) is 11.3 Å². The molecule has 5 heteroatoms. The first kappa shape index (κ1) is 25.1. The summed E-state index contributed by atoms with van der Waals surface area (Å²) < 4.78 is 11.7. The highest BCUT2D eigenvalue weighted by atomic mass is 16.5. The number of nitrogens with zero attached hydrogens (tertiary/aromatic N) is 2. The van der Waals surface area contributed by atoms with Gasteiger partial charge in [0.25, 0.3) is 5.91 Å². The molecule has 0 N–H and O–H groups in total. The van der Waals surface area contributed by atoms with E-state index in [9.17, 15) is 4.79 Å². The Kier molecular flexibility index (Phi) is 10.1. The second kappa shape index (κ2) is 13.2. The summed E-state index contributed by atoms with van der Waals surface area (Å²) in [4.78, 5) is 17.4. The van der Waals surface area contributed by atoms with Crippen LogP contribution in [0.25, 0.3) is 0 Å². The molecule has 0 bridgehead atoms. The highest BCUT2D eigenvalue weighted by molar-refractivity contribution is 5.94. The zero-order chi connectivity index (χ0) is 23.5. The lowest BCUT2D eigenvalue weighted by molar-refractivity contribution is 0.0507. The zero-order valence-electron chi connectivity index (χ0n) is 20.6. The summed E-state index contributed by atoms with van der Waals surface area (Å²) in [7, 11) is 4.06. The van der Waals surface area contributed by atoms with Crippen LogP contribution in [0.2, 0.25) is 0 Å². The average molecular weight is 453 g/mol. The molecule has 5 nitrogen and oxygen atoms in total. The van der Waals surface area contributed by atoms with Gasteiger partial charge in [0, 0.05) is 45.0 Å². The van der Waals surface area contributed by atoms with Gasteiger partial charge in [0.05, 0.1) is 12.7 Å². The van der Waals surface area contributed by atoms with E-state index < -0.39 is 0 Å². The number of amides is 1. The van der Waals surface area contributed by atoms with E-state index in [2.05, 4.69) is 36.1 Å². The van der Waals surface area contributed by atoms with Crippen molar-refractivity contribution in [2.45, 2.75) is 64.5 Å². The lowest BCUT2D eigenvalue weighted by Crippen LogP contribution is -2.37. The van der Waals surface area contributed by atoms with Crippen molar-refractivity contribution in [2.24, 2.45) is 0 Å². The van der Waals surface area contributed by atoms with E-state index in [1.807, 2.05) is 43.3 Å². The molecule has 1 saturated heterocycles. The van der Waals surface area contributed by atoms with Crippen molar-refractivity contribution in [1.29, 1.82) is 0 Å². The largest absolute Gasteiger partial charge is 0.494 e. The Balaban J connectivity index is 1.61. The molecule has 1 amide bonds. The molecule has 0 radical (unpaired) electrons. The quantitative estimate of drug-likeness (QED) is 0.354. The van der Waals surface area contributed by atoms with Gasteiger partial charge < -0.3 is 19.3 Å². The second-order valence-electron chi connectivity index (χ2n) is 9.17. The minimum absolute atomic E-state index is 0.0355. The number of rotatable bonds is 13. The van der Waals surface area contributed by atoms with Crippen molar-refractivity contribution >= 4 is 11.6 Å². The van der Waals surface area contributed by atoms with Gasteiger partial charge in [0.15, 0.2) is 0 Å². The van der Waals surface area contributed by atoms with Crippen LogP contribution in [0.3, 0.4) is 0 Å². The van der Waals surface area contributed by atoms with Crippen LogP contribution in [0.5, 0.6) is 5.75 Å². The third-order valence-electron chi connectivity index (χ3n) is 6.18. The fourth-order valence-electron chi connectivity index (χ4n) is 4.15. The summed E-state index contributed by atoms with van der Waals surface area (Å²) in [5, 5.41) is 0. The minimum atomic E-state index is 0.0355. The lowest BCUT2D eigenvalue weighted by atomic mass is 10.1. The number of hydrogen-bond donors (Lipinski definition) is 0. The molecule has 2 aromatic carbocycles. The predicted molar refractivity (Wildman–Crippen MR) is 135 cm³/mol. The van der Waals surface area contributed by atoms with Gasteiger partial charge in [-0.3, -0.25) is 4.79 Å². The van der Waals surface area contributed by atoms with Gasteiger partial charge in [0.2, 0.25) is 0 Å². The normalized spacial score (nSPS) is 15.4. The van der Waals surface area contributed by atoms with Gasteiger partial charge in [0.1, 0.15) is 5.75 Å². The van der Waals surface area contributed by atoms with Gasteiger partial charge in [-0.2, -0.15) is 0 Å². The van der Waals surface area contributed by atoms with Crippen molar-refractivity contribution in [1.82, 2.24) is 4.90 Å². The number of carbonyl (C=O) groups is 1. The van der Waals surface area contributed by atoms with Crippen molar-refractivity contribution < 1.29 is 14.3 Å². The third kappa shape index (κ3) is 8.08. The predicted octanol–water partition coefficient (Wildman–Crippen LogP) is 5.92. The number of carbonyl (C=O) groups excluding carboxylic acids is 1. The number of unbranched alkanes of at least 4 members (excludes halogenated alkanes) is 4. The van der Waals surface area contributed by atoms with Crippen LogP contribution in [0.4, 0.5) is 5.69 Å². The Bertz CT molecular complexity index is 827.